The lowest BCUT2D eigenvalue weighted by Crippen LogP contribution is -2.11. The monoisotopic (exact) mass is 159 g/mol. The molecule has 0 aromatic carbocycles. The number of rotatable bonds is 0. The normalized spacial score (nSPS) is 22.5. The molecule has 0 aliphatic carbocycles. The molecular formula is C11H13N. The van der Waals surface area contributed by atoms with Gasteiger partial charge in [-0.15, -0.1) is 5.73 Å². The highest BCUT2D eigenvalue weighted by Crippen LogP contribution is 2.10. The number of aliphatic imine (C=N–C) groups is 1. The van der Waals surface area contributed by atoms with Gasteiger partial charge in [-0.05, 0) is 26.0 Å². The van der Waals surface area contributed by atoms with Gasteiger partial charge < -0.3 is 0 Å². The lowest BCUT2D eigenvalue weighted by Gasteiger charge is -2.12. The van der Waals surface area contributed by atoms with Crippen LogP contribution in [-0.2, 0) is 0 Å². The van der Waals surface area contributed by atoms with E-state index >= 15 is 0 Å². The van der Waals surface area contributed by atoms with Gasteiger partial charge in [0.25, 0.3) is 0 Å². The summed E-state index contributed by atoms with van der Waals surface area (Å²) in [6.45, 7) is 4.12. The summed E-state index contributed by atoms with van der Waals surface area (Å²) < 4.78 is 0. The SMILES string of the molecule is CC1(C)/C=C/C=CC=C=CC=N1. The van der Waals surface area contributed by atoms with Crippen LogP contribution in [0.5, 0.6) is 0 Å². The van der Waals surface area contributed by atoms with Crippen LogP contribution in [0, 0.1) is 0 Å². The highest BCUT2D eigenvalue weighted by Gasteiger charge is 2.08. The van der Waals surface area contributed by atoms with Crippen LogP contribution in [0.3, 0.4) is 0 Å². The number of hydrogen-bond donors (Lipinski definition) is 0. The van der Waals surface area contributed by atoms with Crippen LogP contribution in [0.4, 0.5) is 0 Å². The average molecular weight is 159 g/mol. The first-order valence-electron chi connectivity index (χ1n) is 4.01. The summed E-state index contributed by atoms with van der Waals surface area (Å²) >= 11 is 0. The zero-order chi connectivity index (χ0) is 8.86. The van der Waals surface area contributed by atoms with Crippen molar-refractivity contribution >= 4 is 6.21 Å². The predicted octanol–water partition coefficient (Wildman–Crippen LogP) is 2.67. The molecule has 62 valence electrons. The maximum atomic E-state index is 4.33. The molecule has 0 atom stereocenters. The van der Waals surface area contributed by atoms with E-state index in [-0.39, 0.29) is 5.54 Å². The zero-order valence-corrected chi connectivity index (χ0v) is 7.49. The molecule has 0 radical (unpaired) electrons. The molecule has 1 heterocycles. The third-order valence-corrected chi connectivity index (χ3v) is 1.50. The Labute approximate surface area is 73.5 Å². The zero-order valence-electron chi connectivity index (χ0n) is 7.49. The number of nitrogens with zero attached hydrogens (tertiary/aromatic N) is 1. The Hall–Kier alpha value is -1.33. The van der Waals surface area contributed by atoms with Crippen molar-refractivity contribution in [2.45, 2.75) is 19.4 Å². The van der Waals surface area contributed by atoms with Crippen molar-refractivity contribution in [3.05, 3.63) is 42.2 Å². The molecule has 1 rings (SSSR count). The minimum Gasteiger partial charge on any atom is -0.282 e. The summed E-state index contributed by atoms with van der Waals surface area (Å²) in [6, 6.07) is 0. The van der Waals surface area contributed by atoms with Crippen LogP contribution in [0.1, 0.15) is 13.8 Å². The Kier molecular flexibility index (Phi) is 2.84. The van der Waals surface area contributed by atoms with Crippen LogP contribution >= 0.6 is 0 Å². The fourth-order valence-electron chi connectivity index (χ4n) is 0.837. The van der Waals surface area contributed by atoms with E-state index in [0.29, 0.717) is 0 Å². The first kappa shape index (κ1) is 8.76. The summed E-state index contributed by atoms with van der Waals surface area (Å²) in [6.07, 6.45) is 13.4. The second kappa shape index (κ2) is 3.89. The van der Waals surface area contributed by atoms with Crippen molar-refractivity contribution in [2.24, 2.45) is 4.99 Å². The molecule has 0 fully saturated rings. The van der Waals surface area contributed by atoms with Crippen LogP contribution < -0.4 is 0 Å². The Morgan fingerprint density at radius 1 is 1.08 bits per heavy atom. The molecule has 0 N–H and O–H groups in total. The van der Waals surface area contributed by atoms with E-state index in [0.717, 1.165) is 0 Å². The highest BCUT2D eigenvalue weighted by molar-refractivity contribution is 5.71. The summed E-state index contributed by atoms with van der Waals surface area (Å²) in [5.74, 6) is 0. The lowest BCUT2D eigenvalue weighted by molar-refractivity contribution is 0.661. The molecule has 1 nitrogen and oxygen atoms in total. The molecule has 0 aromatic heterocycles. The van der Waals surface area contributed by atoms with E-state index in [9.17, 15) is 0 Å². The van der Waals surface area contributed by atoms with Crippen molar-refractivity contribution in [1.29, 1.82) is 0 Å². The summed E-state index contributed by atoms with van der Waals surface area (Å²) in [4.78, 5) is 4.33. The molecule has 0 saturated carbocycles. The van der Waals surface area contributed by atoms with Crippen molar-refractivity contribution in [1.82, 2.24) is 0 Å². The Bertz CT molecular complexity index is 284. The van der Waals surface area contributed by atoms with Gasteiger partial charge in [0.1, 0.15) is 0 Å². The van der Waals surface area contributed by atoms with Crippen LogP contribution in [0.25, 0.3) is 0 Å². The molecule has 1 heteroatoms. The van der Waals surface area contributed by atoms with Crippen molar-refractivity contribution < 1.29 is 0 Å². The third kappa shape index (κ3) is 3.18. The van der Waals surface area contributed by atoms with E-state index in [2.05, 4.69) is 30.6 Å². The van der Waals surface area contributed by atoms with Gasteiger partial charge in [0.05, 0.1) is 5.54 Å². The predicted molar refractivity (Wildman–Crippen MR) is 53.5 cm³/mol. The molecule has 1 aliphatic heterocycles. The highest BCUT2D eigenvalue weighted by atomic mass is 14.8. The van der Waals surface area contributed by atoms with E-state index in [1.54, 1.807) is 6.21 Å². The maximum Gasteiger partial charge on any atom is 0.0734 e. The minimum absolute atomic E-state index is 0.111. The Balaban J connectivity index is 2.93. The van der Waals surface area contributed by atoms with E-state index < -0.39 is 0 Å². The first-order chi connectivity index (χ1) is 5.71. The molecule has 0 bridgehead atoms. The Morgan fingerprint density at radius 2 is 1.92 bits per heavy atom. The Morgan fingerprint density at radius 3 is 2.75 bits per heavy atom. The number of hydrogen-bond acceptors (Lipinski definition) is 1. The van der Waals surface area contributed by atoms with Crippen molar-refractivity contribution in [2.75, 3.05) is 0 Å². The van der Waals surface area contributed by atoms with Gasteiger partial charge in [-0.2, -0.15) is 0 Å². The van der Waals surface area contributed by atoms with E-state index in [1.165, 1.54) is 0 Å². The number of allylic oxidation sites excluding steroid dienone is 4. The summed E-state index contributed by atoms with van der Waals surface area (Å²) in [5.41, 5.74) is 2.86. The molecular weight excluding hydrogens is 146 g/mol. The molecule has 1 aliphatic rings. The molecule has 0 saturated heterocycles. The van der Waals surface area contributed by atoms with Gasteiger partial charge in [-0.1, -0.05) is 24.3 Å². The van der Waals surface area contributed by atoms with Crippen molar-refractivity contribution in [3.8, 4) is 0 Å². The van der Waals surface area contributed by atoms with Crippen LogP contribution in [0.2, 0.25) is 0 Å². The van der Waals surface area contributed by atoms with Gasteiger partial charge >= 0.3 is 0 Å². The van der Waals surface area contributed by atoms with Gasteiger partial charge in [-0.3, -0.25) is 4.99 Å². The second-order valence-corrected chi connectivity index (χ2v) is 3.18. The molecule has 0 amide bonds. The minimum atomic E-state index is -0.111. The maximum absolute atomic E-state index is 4.33. The lowest BCUT2D eigenvalue weighted by atomic mass is 10.1. The van der Waals surface area contributed by atoms with E-state index in [4.69, 9.17) is 0 Å². The van der Waals surface area contributed by atoms with Gasteiger partial charge in [0.2, 0.25) is 0 Å². The van der Waals surface area contributed by atoms with E-state index in [1.807, 2.05) is 30.4 Å². The average Bonchev–Trinajstić information content (AvgIpc) is 2.02. The van der Waals surface area contributed by atoms with Gasteiger partial charge in [0.15, 0.2) is 0 Å². The van der Waals surface area contributed by atoms with Crippen LogP contribution in [0.15, 0.2) is 47.2 Å². The quantitative estimate of drug-likeness (QED) is 0.482. The molecule has 0 spiro atoms. The van der Waals surface area contributed by atoms with Gasteiger partial charge in [-0.25, -0.2) is 0 Å². The third-order valence-electron chi connectivity index (χ3n) is 1.50. The smallest absolute Gasteiger partial charge is 0.0734 e. The second-order valence-electron chi connectivity index (χ2n) is 3.18. The van der Waals surface area contributed by atoms with Gasteiger partial charge in [0, 0.05) is 6.21 Å². The molecule has 0 unspecified atom stereocenters. The van der Waals surface area contributed by atoms with Crippen LogP contribution in [-0.4, -0.2) is 11.8 Å². The molecule has 0 aromatic rings. The summed E-state index contributed by atoms with van der Waals surface area (Å²) in [5, 5.41) is 0. The fourth-order valence-corrected chi connectivity index (χ4v) is 0.837. The van der Waals surface area contributed by atoms with Crippen molar-refractivity contribution in [3.63, 3.8) is 0 Å². The fraction of sp³-hybridized carbons (Fsp3) is 0.273. The summed E-state index contributed by atoms with van der Waals surface area (Å²) in [7, 11) is 0. The standard InChI is InChI=1S/C11H13N/c1-11(2)9-7-5-3-4-6-8-10-12-11/h3-5,7-10H,1-2H3/b5-3?,9-7+,12-10?. The first-order valence-corrected chi connectivity index (χ1v) is 4.01. The largest absolute Gasteiger partial charge is 0.282 e. The molecule has 12 heavy (non-hydrogen) atoms. The topological polar surface area (TPSA) is 12.4 Å².